The maximum absolute atomic E-state index is 3.84. The summed E-state index contributed by atoms with van der Waals surface area (Å²) in [5, 5.41) is 3.84. The third-order valence-electron chi connectivity index (χ3n) is 5.39. The van der Waals surface area contributed by atoms with E-state index < -0.39 is 0 Å². The van der Waals surface area contributed by atoms with Gasteiger partial charge in [-0.05, 0) is 43.6 Å². The Morgan fingerprint density at radius 2 is 1.76 bits per heavy atom. The van der Waals surface area contributed by atoms with Gasteiger partial charge in [-0.1, -0.05) is 54.9 Å². The van der Waals surface area contributed by atoms with Crippen molar-refractivity contribution in [3.05, 3.63) is 0 Å². The zero-order valence-corrected chi connectivity index (χ0v) is 15.7. The Labute approximate surface area is 134 Å². The Hall–Kier alpha value is -0.0800. The molecule has 0 bridgehead atoms. The molecule has 0 aromatic heterocycles. The molecule has 1 aliphatic rings. The molecule has 1 N–H and O–H groups in total. The quantitative estimate of drug-likeness (QED) is 0.699. The summed E-state index contributed by atoms with van der Waals surface area (Å²) in [6.07, 6.45) is 6.66. The highest BCUT2D eigenvalue weighted by Gasteiger charge is 2.42. The van der Waals surface area contributed by atoms with Crippen molar-refractivity contribution in [3.63, 3.8) is 0 Å². The van der Waals surface area contributed by atoms with E-state index in [1.165, 1.54) is 38.6 Å². The Bertz CT molecular complexity index is 281. The second-order valence-electron chi connectivity index (χ2n) is 8.04. The van der Waals surface area contributed by atoms with E-state index >= 15 is 0 Å². The molecule has 1 fully saturated rings. The summed E-state index contributed by atoms with van der Waals surface area (Å²) < 4.78 is 0. The first-order valence-corrected chi connectivity index (χ1v) is 9.36. The average Bonchev–Trinajstić information content (AvgIpc) is 2.41. The molecule has 0 radical (unpaired) electrons. The smallest absolute Gasteiger partial charge is 0.0274 e. The number of rotatable bonds is 8. The molecule has 0 saturated heterocycles. The fourth-order valence-corrected chi connectivity index (χ4v) is 4.33. The first kappa shape index (κ1) is 19.0. The van der Waals surface area contributed by atoms with Crippen LogP contribution >= 0.6 is 0 Å². The second kappa shape index (κ2) is 8.53. The van der Waals surface area contributed by atoms with Crippen molar-refractivity contribution < 1.29 is 0 Å². The molecule has 1 saturated carbocycles. The minimum absolute atomic E-state index is 0.417. The predicted molar refractivity (Wildman–Crippen MR) is 94.8 cm³/mol. The topological polar surface area (TPSA) is 15.3 Å². The van der Waals surface area contributed by atoms with E-state index in [1.807, 2.05) is 0 Å². The number of likely N-dealkylation sites (N-methyl/N-ethyl adjacent to an activating group) is 1. The molecule has 21 heavy (non-hydrogen) atoms. The highest BCUT2D eigenvalue weighted by atomic mass is 15.2. The number of nitrogens with one attached hydrogen (secondary N) is 1. The molecule has 0 aromatic carbocycles. The van der Waals surface area contributed by atoms with Gasteiger partial charge in [0, 0.05) is 24.7 Å². The molecule has 1 rings (SSSR count). The lowest BCUT2D eigenvalue weighted by atomic mass is 9.69. The van der Waals surface area contributed by atoms with Crippen LogP contribution in [0.15, 0.2) is 0 Å². The molecule has 0 amide bonds. The minimum Gasteiger partial charge on any atom is -0.312 e. The van der Waals surface area contributed by atoms with Crippen molar-refractivity contribution in [2.45, 2.75) is 98.7 Å². The molecule has 2 unspecified atom stereocenters. The highest BCUT2D eigenvalue weighted by molar-refractivity contribution is 4.99. The summed E-state index contributed by atoms with van der Waals surface area (Å²) >= 11 is 0. The lowest BCUT2D eigenvalue weighted by molar-refractivity contribution is 0.0140. The largest absolute Gasteiger partial charge is 0.312 e. The Morgan fingerprint density at radius 1 is 1.14 bits per heavy atom. The van der Waals surface area contributed by atoms with Gasteiger partial charge in [0.1, 0.15) is 0 Å². The van der Waals surface area contributed by atoms with Gasteiger partial charge in [-0.15, -0.1) is 0 Å². The van der Waals surface area contributed by atoms with Crippen LogP contribution in [0.3, 0.4) is 0 Å². The predicted octanol–water partition coefficient (Wildman–Crippen LogP) is 4.69. The summed E-state index contributed by atoms with van der Waals surface area (Å²) in [6.45, 7) is 19.0. The van der Waals surface area contributed by atoms with Gasteiger partial charge >= 0.3 is 0 Å². The van der Waals surface area contributed by atoms with E-state index in [1.54, 1.807) is 0 Å². The van der Waals surface area contributed by atoms with E-state index in [2.05, 4.69) is 58.7 Å². The number of nitrogens with zero attached hydrogens (tertiary/aromatic N) is 1. The van der Waals surface area contributed by atoms with Gasteiger partial charge in [0.25, 0.3) is 0 Å². The zero-order valence-electron chi connectivity index (χ0n) is 15.7. The van der Waals surface area contributed by atoms with E-state index in [9.17, 15) is 0 Å². The summed E-state index contributed by atoms with van der Waals surface area (Å²) in [5.74, 6) is 0.748. The number of hydrogen-bond acceptors (Lipinski definition) is 2. The van der Waals surface area contributed by atoms with Crippen molar-refractivity contribution in [2.24, 2.45) is 11.3 Å². The van der Waals surface area contributed by atoms with Crippen LogP contribution < -0.4 is 5.32 Å². The van der Waals surface area contributed by atoms with E-state index in [4.69, 9.17) is 0 Å². The summed E-state index contributed by atoms with van der Waals surface area (Å²) in [7, 11) is 0. The minimum atomic E-state index is 0.417. The third-order valence-corrected chi connectivity index (χ3v) is 5.39. The van der Waals surface area contributed by atoms with E-state index in [0.29, 0.717) is 17.5 Å². The SMILES string of the molecule is CCNC1C(N(CC(C)C)C(CC)CC)CCCC1(C)C. The Balaban J connectivity index is 3.00. The van der Waals surface area contributed by atoms with Crippen molar-refractivity contribution in [2.75, 3.05) is 13.1 Å². The summed E-state index contributed by atoms with van der Waals surface area (Å²) in [5.41, 5.74) is 0.417. The van der Waals surface area contributed by atoms with Gasteiger partial charge in [-0.3, -0.25) is 4.90 Å². The Morgan fingerprint density at radius 3 is 2.24 bits per heavy atom. The lowest BCUT2D eigenvalue weighted by Gasteiger charge is -2.51. The summed E-state index contributed by atoms with van der Waals surface area (Å²) in [4.78, 5) is 2.86. The lowest BCUT2D eigenvalue weighted by Crippen LogP contribution is -2.61. The number of hydrogen-bond donors (Lipinski definition) is 1. The van der Waals surface area contributed by atoms with Crippen LogP contribution in [-0.2, 0) is 0 Å². The van der Waals surface area contributed by atoms with Gasteiger partial charge in [0.05, 0.1) is 0 Å². The highest BCUT2D eigenvalue weighted by Crippen LogP contribution is 2.39. The zero-order chi connectivity index (χ0) is 16.0. The van der Waals surface area contributed by atoms with Crippen LogP contribution in [0.4, 0.5) is 0 Å². The summed E-state index contributed by atoms with van der Waals surface area (Å²) in [6, 6.07) is 2.09. The van der Waals surface area contributed by atoms with Crippen LogP contribution in [0.2, 0.25) is 0 Å². The van der Waals surface area contributed by atoms with Crippen LogP contribution in [0.5, 0.6) is 0 Å². The van der Waals surface area contributed by atoms with Crippen LogP contribution in [0.1, 0.15) is 80.6 Å². The fraction of sp³-hybridized carbons (Fsp3) is 1.00. The second-order valence-corrected chi connectivity index (χ2v) is 8.04. The standard InChI is InChI=1S/C19H40N2/c1-8-16(9-2)21(14-15(4)5)17-12-11-13-19(6,7)18(17)20-10-3/h15-18,20H,8-14H2,1-7H3. The average molecular weight is 297 g/mol. The molecule has 2 heteroatoms. The van der Waals surface area contributed by atoms with E-state index in [0.717, 1.165) is 18.5 Å². The van der Waals surface area contributed by atoms with Gasteiger partial charge in [0.15, 0.2) is 0 Å². The molecule has 0 heterocycles. The van der Waals surface area contributed by atoms with Crippen molar-refractivity contribution in [3.8, 4) is 0 Å². The van der Waals surface area contributed by atoms with Gasteiger partial charge < -0.3 is 5.32 Å². The molecular formula is C19H40N2. The van der Waals surface area contributed by atoms with Crippen LogP contribution in [0, 0.1) is 11.3 Å². The van der Waals surface area contributed by atoms with Gasteiger partial charge in [-0.25, -0.2) is 0 Å². The van der Waals surface area contributed by atoms with Gasteiger partial charge in [-0.2, -0.15) is 0 Å². The van der Waals surface area contributed by atoms with Crippen molar-refractivity contribution in [1.29, 1.82) is 0 Å². The van der Waals surface area contributed by atoms with Crippen LogP contribution in [-0.4, -0.2) is 36.1 Å². The first-order valence-electron chi connectivity index (χ1n) is 9.36. The van der Waals surface area contributed by atoms with Crippen molar-refractivity contribution in [1.82, 2.24) is 10.2 Å². The normalized spacial score (nSPS) is 26.0. The third kappa shape index (κ3) is 4.96. The fourth-order valence-electron chi connectivity index (χ4n) is 4.33. The van der Waals surface area contributed by atoms with E-state index in [-0.39, 0.29) is 0 Å². The monoisotopic (exact) mass is 296 g/mol. The maximum Gasteiger partial charge on any atom is 0.0274 e. The molecular weight excluding hydrogens is 256 g/mol. The first-order chi connectivity index (χ1) is 9.87. The van der Waals surface area contributed by atoms with Gasteiger partial charge in [0.2, 0.25) is 0 Å². The molecule has 0 spiro atoms. The van der Waals surface area contributed by atoms with Crippen LogP contribution in [0.25, 0.3) is 0 Å². The molecule has 2 atom stereocenters. The molecule has 1 aliphatic carbocycles. The van der Waals surface area contributed by atoms with Crippen molar-refractivity contribution >= 4 is 0 Å². The molecule has 0 aromatic rings. The maximum atomic E-state index is 3.84. The Kier molecular flexibility index (Phi) is 7.70. The molecule has 2 nitrogen and oxygen atoms in total. The molecule has 0 aliphatic heterocycles. The molecule has 126 valence electrons.